The Morgan fingerprint density at radius 3 is 2.76 bits per heavy atom. The second-order valence-electron chi connectivity index (χ2n) is 5.48. The molecule has 1 aromatic rings. The van der Waals surface area contributed by atoms with E-state index in [1.807, 2.05) is 26.0 Å². The van der Waals surface area contributed by atoms with Crippen molar-refractivity contribution >= 4 is 11.7 Å². The average molecular weight is 291 g/mol. The van der Waals surface area contributed by atoms with Crippen LogP contribution in [0.25, 0.3) is 0 Å². The predicted octanol–water partition coefficient (Wildman–Crippen LogP) is 1.99. The van der Waals surface area contributed by atoms with Gasteiger partial charge in [0.25, 0.3) is 5.91 Å². The van der Waals surface area contributed by atoms with Gasteiger partial charge in [-0.15, -0.1) is 0 Å². The molecule has 0 bridgehead atoms. The third kappa shape index (κ3) is 7.34. The Labute approximate surface area is 126 Å². The largest absolute Gasteiger partial charge is 0.384 e. The van der Waals surface area contributed by atoms with E-state index in [1.165, 1.54) is 11.1 Å². The number of nitrogens with one attached hydrogen (secondary N) is 1. The number of rotatable bonds is 8. The summed E-state index contributed by atoms with van der Waals surface area (Å²) in [6.07, 6.45) is 1.46. The lowest BCUT2D eigenvalue weighted by molar-refractivity contribution is -0.125. The Balaban J connectivity index is 2.21. The molecule has 5 nitrogen and oxygen atoms in total. The Kier molecular flexibility index (Phi) is 7.29. The molecule has 0 unspecified atom stereocenters. The lowest BCUT2D eigenvalue weighted by Crippen LogP contribution is -2.29. The van der Waals surface area contributed by atoms with Crippen LogP contribution in [0.15, 0.2) is 29.4 Å². The lowest BCUT2D eigenvalue weighted by Gasteiger charge is -2.07. The summed E-state index contributed by atoms with van der Waals surface area (Å²) in [6.45, 7) is 6.62. The molecule has 0 saturated heterocycles. The molecule has 3 N–H and O–H groups in total. The maximum atomic E-state index is 11.6. The Morgan fingerprint density at radius 2 is 2.10 bits per heavy atom. The topological polar surface area (TPSA) is 76.7 Å². The highest BCUT2D eigenvalue weighted by Gasteiger charge is 2.03. The summed E-state index contributed by atoms with van der Waals surface area (Å²) in [4.78, 5) is 16.5. The molecule has 0 saturated carbocycles. The van der Waals surface area contributed by atoms with Crippen molar-refractivity contribution in [2.45, 2.75) is 33.6 Å². The zero-order chi connectivity index (χ0) is 15.7. The first-order valence-corrected chi connectivity index (χ1v) is 7.24. The molecule has 0 aliphatic rings. The molecule has 0 aromatic heterocycles. The van der Waals surface area contributed by atoms with Crippen LogP contribution in [0.5, 0.6) is 0 Å². The quantitative estimate of drug-likeness (QED) is 0.437. The molecule has 21 heavy (non-hydrogen) atoms. The highest BCUT2D eigenvalue weighted by Crippen LogP contribution is 2.06. The van der Waals surface area contributed by atoms with E-state index in [1.54, 1.807) is 0 Å². The van der Waals surface area contributed by atoms with Crippen molar-refractivity contribution in [3.63, 3.8) is 0 Å². The first kappa shape index (κ1) is 17.0. The second kappa shape index (κ2) is 9.00. The van der Waals surface area contributed by atoms with Crippen LogP contribution in [0.1, 0.15) is 31.4 Å². The van der Waals surface area contributed by atoms with Gasteiger partial charge in [0, 0.05) is 13.0 Å². The standard InChI is InChI=1S/C16H25N3O2/c1-12(2)10-15(17)19-21-11-16(20)18-9-8-14-7-5-4-6-13(14)3/h4-7,12H,8-11H2,1-3H3,(H2,17,19)(H,18,20). The Bertz CT molecular complexity index is 484. The summed E-state index contributed by atoms with van der Waals surface area (Å²) >= 11 is 0. The fraction of sp³-hybridized carbons (Fsp3) is 0.500. The van der Waals surface area contributed by atoms with E-state index in [4.69, 9.17) is 10.6 Å². The number of amides is 1. The fourth-order valence-electron chi connectivity index (χ4n) is 1.91. The highest BCUT2D eigenvalue weighted by atomic mass is 16.6. The fourth-order valence-corrected chi connectivity index (χ4v) is 1.91. The van der Waals surface area contributed by atoms with E-state index in [2.05, 4.69) is 29.5 Å². The molecular formula is C16H25N3O2. The van der Waals surface area contributed by atoms with Crippen LogP contribution in [-0.4, -0.2) is 24.9 Å². The molecule has 0 aliphatic carbocycles. The number of hydrogen-bond donors (Lipinski definition) is 2. The van der Waals surface area contributed by atoms with Gasteiger partial charge in [-0.1, -0.05) is 43.3 Å². The van der Waals surface area contributed by atoms with Crippen LogP contribution in [0.2, 0.25) is 0 Å². The van der Waals surface area contributed by atoms with Gasteiger partial charge in [-0.05, 0) is 30.4 Å². The number of hydrogen-bond acceptors (Lipinski definition) is 3. The Hall–Kier alpha value is -2.04. The normalized spacial score (nSPS) is 11.5. The molecule has 0 aliphatic heterocycles. The molecule has 0 heterocycles. The van der Waals surface area contributed by atoms with Crippen molar-refractivity contribution in [2.75, 3.05) is 13.2 Å². The van der Waals surface area contributed by atoms with Crippen LogP contribution in [0.4, 0.5) is 0 Å². The number of oxime groups is 1. The number of nitrogens with zero attached hydrogens (tertiary/aromatic N) is 1. The second-order valence-corrected chi connectivity index (χ2v) is 5.48. The zero-order valence-corrected chi connectivity index (χ0v) is 13.1. The number of aryl methyl sites for hydroxylation is 1. The predicted molar refractivity (Wildman–Crippen MR) is 84.9 cm³/mol. The van der Waals surface area contributed by atoms with Crippen molar-refractivity contribution < 1.29 is 9.63 Å². The molecule has 0 fully saturated rings. The molecule has 0 radical (unpaired) electrons. The van der Waals surface area contributed by atoms with Crippen molar-refractivity contribution in [3.05, 3.63) is 35.4 Å². The van der Waals surface area contributed by atoms with Crippen LogP contribution < -0.4 is 11.1 Å². The molecule has 1 rings (SSSR count). The summed E-state index contributed by atoms with van der Waals surface area (Å²) in [5.41, 5.74) is 8.11. The van der Waals surface area contributed by atoms with Crippen LogP contribution in [0.3, 0.4) is 0 Å². The summed E-state index contributed by atoms with van der Waals surface area (Å²) in [7, 11) is 0. The van der Waals surface area contributed by atoms with Crippen molar-refractivity contribution in [1.29, 1.82) is 0 Å². The van der Waals surface area contributed by atoms with Gasteiger partial charge >= 0.3 is 0 Å². The van der Waals surface area contributed by atoms with Crippen molar-refractivity contribution in [2.24, 2.45) is 16.8 Å². The molecular weight excluding hydrogens is 266 g/mol. The molecule has 5 heteroatoms. The van der Waals surface area contributed by atoms with E-state index in [-0.39, 0.29) is 12.5 Å². The van der Waals surface area contributed by atoms with Gasteiger partial charge in [-0.2, -0.15) is 0 Å². The number of carbonyl (C=O) groups excluding carboxylic acids is 1. The van der Waals surface area contributed by atoms with E-state index in [0.29, 0.717) is 24.7 Å². The summed E-state index contributed by atoms with van der Waals surface area (Å²) in [5.74, 6) is 0.641. The maximum absolute atomic E-state index is 11.6. The summed E-state index contributed by atoms with van der Waals surface area (Å²) in [5, 5.41) is 6.52. The van der Waals surface area contributed by atoms with Crippen molar-refractivity contribution in [3.8, 4) is 0 Å². The van der Waals surface area contributed by atoms with Gasteiger partial charge in [-0.3, -0.25) is 4.79 Å². The third-order valence-electron chi connectivity index (χ3n) is 2.97. The number of amidine groups is 1. The van der Waals surface area contributed by atoms with Gasteiger partial charge < -0.3 is 15.9 Å². The summed E-state index contributed by atoms with van der Waals surface area (Å²) in [6, 6.07) is 8.13. The lowest BCUT2D eigenvalue weighted by atomic mass is 10.1. The zero-order valence-electron chi connectivity index (χ0n) is 13.1. The van der Waals surface area contributed by atoms with Gasteiger partial charge in [-0.25, -0.2) is 0 Å². The molecule has 0 atom stereocenters. The minimum absolute atomic E-state index is 0.105. The minimum Gasteiger partial charge on any atom is -0.384 e. The number of nitrogens with two attached hydrogens (primary N) is 1. The van der Waals surface area contributed by atoms with Crippen molar-refractivity contribution in [1.82, 2.24) is 5.32 Å². The average Bonchev–Trinajstić information content (AvgIpc) is 2.40. The molecule has 1 aromatic carbocycles. The van der Waals surface area contributed by atoms with E-state index < -0.39 is 0 Å². The van der Waals surface area contributed by atoms with Gasteiger partial charge in [0.2, 0.25) is 0 Å². The van der Waals surface area contributed by atoms with Gasteiger partial charge in [0.05, 0.1) is 0 Å². The minimum atomic E-state index is -0.190. The highest BCUT2D eigenvalue weighted by molar-refractivity contribution is 5.80. The van der Waals surface area contributed by atoms with Crippen LogP contribution >= 0.6 is 0 Å². The smallest absolute Gasteiger partial charge is 0.260 e. The number of benzene rings is 1. The molecule has 1 amide bonds. The SMILES string of the molecule is Cc1ccccc1CCNC(=O)CON=C(N)CC(C)C. The van der Waals surface area contributed by atoms with Crippen LogP contribution in [0, 0.1) is 12.8 Å². The summed E-state index contributed by atoms with van der Waals surface area (Å²) < 4.78 is 0. The first-order valence-electron chi connectivity index (χ1n) is 7.24. The van der Waals surface area contributed by atoms with E-state index >= 15 is 0 Å². The van der Waals surface area contributed by atoms with Gasteiger partial charge in [0.1, 0.15) is 5.84 Å². The van der Waals surface area contributed by atoms with Gasteiger partial charge in [0.15, 0.2) is 6.61 Å². The Morgan fingerprint density at radius 1 is 1.38 bits per heavy atom. The molecule has 116 valence electrons. The molecule has 0 spiro atoms. The van der Waals surface area contributed by atoms with E-state index in [9.17, 15) is 4.79 Å². The number of carbonyl (C=O) groups is 1. The van der Waals surface area contributed by atoms with E-state index in [0.717, 1.165) is 6.42 Å². The first-order chi connectivity index (χ1) is 9.99. The maximum Gasteiger partial charge on any atom is 0.260 e. The third-order valence-corrected chi connectivity index (χ3v) is 2.97. The van der Waals surface area contributed by atoms with Crippen LogP contribution in [-0.2, 0) is 16.1 Å². The monoisotopic (exact) mass is 291 g/mol.